The molecule has 0 aromatic carbocycles. The van der Waals surface area contributed by atoms with Gasteiger partial charge in [-0.25, -0.2) is 0 Å². The second-order valence-corrected chi connectivity index (χ2v) is 7.40. The summed E-state index contributed by atoms with van der Waals surface area (Å²) < 4.78 is 0. The van der Waals surface area contributed by atoms with Crippen molar-refractivity contribution in [3.05, 3.63) is 0 Å². The maximum atomic E-state index is 3.63. The molecule has 2 heteroatoms. The topological polar surface area (TPSA) is 24.1 Å². The van der Waals surface area contributed by atoms with E-state index in [1.165, 1.54) is 51.4 Å². The zero-order valence-electron chi connectivity index (χ0n) is 15.1. The van der Waals surface area contributed by atoms with Crippen LogP contribution in [-0.2, 0) is 0 Å². The lowest BCUT2D eigenvalue weighted by Crippen LogP contribution is -2.46. The van der Waals surface area contributed by atoms with E-state index in [-0.39, 0.29) is 0 Å². The van der Waals surface area contributed by atoms with E-state index >= 15 is 0 Å². The molecule has 2 nitrogen and oxygen atoms in total. The second-order valence-electron chi connectivity index (χ2n) is 7.40. The minimum atomic E-state index is 0.370. The zero-order chi connectivity index (χ0) is 15.5. The van der Waals surface area contributed by atoms with Gasteiger partial charge in [-0.15, -0.1) is 0 Å². The Bertz CT molecular complexity index is 191. The van der Waals surface area contributed by atoms with Crippen LogP contribution in [0.5, 0.6) is 0 Å². The highest BCUT2D eigenvalue weighted by atomic mass is 15.0. The third kappa shape index (κ3) is 7.08. The van der Waals surface area contributed by atoms with Crippen LogP contribution in [0.15, 0.2) is 0 Å². The lowest BCUT2D eigenvalue weighted by atomic mass is 9.61. The molecule has 0 fully saturated rings. The average Bonchev–Trinajstić information content (AvgIpc) is 2.37. The molecule has 0 aromatic rings. The van der Waals surface area contributed by atoms with Crippen molar-refractivity contribution in [2.24, 2.45) is 10.8 Å². The van der Waals surface area contributed by atoms with E-state index in [1.807, 2.05) is 7.05 Å². The first-order valence-corrected chi connectivity index (χ1v) is 8.79. The van der Waals surface area contributed by atoms with Crippen molar-refractivity contribution in [2.75, 3.05) is 20.3 Å². The van der Waals surface area contributed by atoms with Crippen molar-refractivity contribution >= 4 is 0 Å². The van der Waals surface area contributed by atoms with Gasteiger partial charge in [0.1, 0.15) is 0 Å². The van der Waals surface area contributed by atoms with E-state index in [0.717, 1.165) is 13.2 Å². The fourth-order valence-electron chi connectivity index (χ4n) is 3.17. The van der Waals surface area contributed by atoms with Gasteiger partial charge >= 0.3 is 0 Å². The Morgan fingerprint density at radius 1 is 0.800 bits per heavy atom. The predicted molar refractivity (Wildman–Crippen MR) is 92.1 cm³/mol. The second kappa shape index (κ2) is 10.6. The lowest BCUT2D eigenvalue weighted by Gasteiger charge is -2.46. The molecule has 2 N–H and O–H groups in total. The number of hydrogen-bond acceptors (Lipinski definition) is 2. The molecule has 0 saturated carbocycles. The van der Waals surface area contributed by atoms with E-state index in [1.54, 1.807) is 0 Å². The van der Waals surface area contributed by atoms with Gasteiger partial charge in [0.25, 0.3) is 0 Å². The smallest absolute Gasteiger partial charge is 0.0451 e. The van der Waals surface area contributed by atoms with Gasteiger partial charge in [-0.3, -0.25) is 0 Å². The van der Waals surface area contributed by atoms with E-state index in [4.69, 9.17) is 0 Å². The molecule has 0 unspecified atom stereocenters. The molecule has 0 aromatic heterocycles. The fraction of sp³-hybridized carbons (Fsp3) is 1.00. The van der Waals surface area contributed by atoms with Crippen LogP contribution in [0, 0.1) is 10.8 Å². The van der Waals surface area contributed by atoms with E-state index in [0.29, 0.717) is 10.8 Å². The first kappa shape index (κ1) is 19.9. The van der Waals surface area contributed by atoms with Crippen molar-refractivity contribution < 1.29 is 0 Å². The summed E-state index contributed by atoms with van der Waals surface area (Å²) in [5, 5.41) is 6.84. The van der Waals surface area contributed by atoms with E-state index in [9.17, 15) is 0 Å². The maximum Gasteiger partial charge on any atom is 0.0451 e. The fourth-order valence-corrected chi connectivity index (χ4v) is 3.17. The first-order chi connectivity index (χ1) is 9.43. The normalized spacial score (nSPS) is 12.9. The summed E-state index contributed by atoms with van der Waals surface area (Å²) in [5.74, 6) is 0. The molecule has 0 aliphatic carbocycles. The Labute approximate surface area is 128 Å². The van der Waals surface area contributed by atoms with Crippen molar-refractivity contribution in [3.8, 4) is 0 Å². The van der Waals surface area contributed by atoms with Gasteiger partial charge in [0, 0.05) is 13.2 Å². The van der Waals surface area contributed by atoms with E-state index < -0.39 is 0 Å². The average molecular weight is 285 g/mol. The molecule has 0 heterocycles. The Kier molecular flexibility index (Phi) is 10.6. The molecule has 0 bridgehead atoms. The molecule has 0 spiro atoms. The maximum absolute atomic E-state index is 3.63. The van der Waals surface area contributed by atoms with Crippen molar-refractivity contribution in [2.45, 2.75) is 86.0 Å². The zero-order valence-corrected chi connectivity index (χ0v) is 15.1. The summed E-state index contributed by atoms with van der Waals surface area (Å²) in [6.07, 6.45) is 10.9. The molecule has 0 aliphatic rings. The lowest BCUT2D eigenvalue weighted by molar-refractivity contribution is 0.0554. The monoisotopic (exact) mass is 284 g/mol. The Hall–Kier alpha value is -0.0800. The number of unbranched alkanes of at least 4 members (excludes halogenated alkanes) is 4. The molecular formula is C18H40N2. The predicted octanol–water partition coefficient (Wildman–Crippen LogP) is 4.95. The molecule has 0 atom stereocenters. The Morgan fingerprint density at radius 2 is 1.30 bits per heavy atom. The summed E-state index contributed by atoms with van der Waals surface area (Å²) in [4.78, 5) is 0. The van der Waals surface area contributed by atoms with E-state index in [2.05, 4.69) is 45.3 Å². The summed E-state index contributed by atoms with van der Waals surface area (Å²) >= 11 is 0. The van der Waals surface area contributed by atoms with Crippen LogP contribution in [0.2, 0.25) is 0 Å². The molecule has 0 amide bonds. The summed E-state index contributed by atoms with van der Waals surface area (Å²) in [6, 6.07) is 0. The molecule has 122 valence electrons. The van der Waals surface area contributed by atoms with Crippen LogP contribution in [0.3, 0.4) is 0 Å². The van der Waals surface area contributed by atoms with Gasteiger partial charge in [0.15, 0.2) is 0 Å². The van der Waals surface area contributed by atoms with Crippen molar-refractivity contribution in [1.82, 2.24) is 10.6 Å². The highest BCUT2D eigenvalue weighted by Crippen LogP contribution is 2.46. The molecule has 20 heavy (non-hydrogen) atoms. The minimum absolute atomic E-state index is 0.370. The van der Waals surface area contributed by atoms with Crippen LogP contribution >= 0.6 is 0 Å². The summed E-state index contributed by atoms with van der Waals surface area (Å²) in [6.45, 7) is 14.0. The van der Waals surface area contributed by atoms with Crippen LogP contribution < -0.4 is 10.6 Å². The minimum Gasteiger partial charge on any atom is -0.308 e. The van der Waals surface area contributed by atoms with Gasteiger partial charge in [0.2, 0.25) is 0 Å². The van der Waals surface area contributed by atoms with Gasteiger partial charge in [-0.05, 0) is 30.7 Å². The van der Waals surface area contributed by atoms with Gasteiger partial charge in [-0.2, -0.15) is 0 Å². The number of hydrogen-bond donors (Lipinski definition) is 2. The van der Waals surface area contributed by atoms with Crippen LogP contribution in [0.25, 0.3) is 0 Å². The highest BCUT2D eigenvalue weighted by Gasteiger charge is 2.40. The molecular weight excluding hydrogens is 244 g/mol. The molecule has 0 saturated heterocycles. The quantitative estimate of drug-likeness (QED) is 0.391. The Balaban J connectivity index is 4.77. The van der Waals surface area contributed by atoms with Gasteiger partial charge in [-0.1, -0.05) is 73.1 Å². The van der Waals surface area contributed by atoms with Crippen LogP contribution in [-0.4, -0.2) is 20.3 Å². The van der Waals surface area contributed by atoms with Crippen LogP contribution in [0.1, 0.15) is 86.0 Å². The first-order valence-electron chi connectivity index (χ1n) is 8.79. The Morgan fingerprint density at radius 3 is 1.65 bits per heavy atom. The molecule has 0 rings (SSSR count). The van der Waals surface area contributed by atoms with Gasteiger partial charge < -0.3 is 10.6 Å². The standard InChI is InChI=1S/C18H40N2/c1-7-9-11-13-18(17(3,4)5,14-12-10-8-2)15-20-16-19-6/h19-20H,7-16H2,1-6H3. The summed E-state index contributed by atoms with van der Waals surface area (Å²) in [7, 11) is 2.01. The van der Waals surface area contributed by atoms with Gasteiger partial charge in [0.05, 0.1) is 0 Å². The third-order valence-electron chi connectivity index (χ3n) is 4.87. The summed E-state index contributed by atoms with van der Waals surface area (Å²) in [5.41, 5.74) is 0.809. The third-order valence-corrected chi connectivity index (χ3v) is 4.87. The highest BCUT2D eigenvalue weighted by molar-refractivity contribution is 4.92. The molecule has 0 aliphatic heterocycles. The number of nitrogens with one attached hydrogen (secondary N) is 2. The van der Waals surface area contributed by atoms with Crippen LogP contribution in [0.4, 0.5) is 0 Å². The SMILES string of the molecule is CCCCCC(CCCCC)(CNCNC)C(C)(C)C. The van der Waals surface area contributed by atoms with Crippen molar-refractivity contribution in [1.29, 1.82) is 0 Å². The largest absolute Gasteiger partial charge is 0.308 e. The molecule has 0 radical (unpaired) electrons. The van der Waals surface area contributed by atoms with Crippen molar-refractivity contribution in [3.63, 3.8) is 0 Å². The number of rotatable bonds is 12.